The number of hydrogen-bond acceptors (Lipinski definition) is 5. The lowest BCUT2D eigenvalue weighted by Gasteiger charge is -2.41. The van der Waals surface area contributed by atoms with E-state index in [-0.39, 0.29) is 38.0 Å². The highest BCUT2D eigenvalue weighted by atomic mass is 32.1. The van der Waals surface area contributed by atoms with Gasteiger partial charge in [-0.15, -0.1) is 16.3 Å². The van der Waals surface area contributed by atoms with Crippen molar-refractivity contribution in [2.45, 2.75) is 32.2 Å². The minimum atomic E-state index is -0.751. The van der Waals surface area contributed by atoms with Crippen LogP contribution in [0.25, 0.3) is 10.1 Å². The van der Waals surface area contributed by atoms with Crippen molar-refractivity contribution in [3.63, 3.8) is 0 Å². The highest BCUT2D eigenvalue weighted by Crippen LogP contribution is 2.32. The van der Waals surface area contributed by atoms with Crippen molar-refractivity contribution in [1.82, 2.24) is 10.2 Å². The lowest BCUT2D eigenvalue weighted by Crippen LogP contribution is -2.60. The zero-order chi connectivity index (χ0) is 19.4. The van der Waals surface area contributed by atoms with Gasteiger partial charge in [-0.2, -0.15) is 0 Å². The zero-order valence-corrected chi connectivity index (χ0v) is 16.2. The highest BCUT2D eigenvalue weighted by Gasteiger charge is 2.40. The monoisotopic (exact) mass is 389 g/mol. The first-order chi connectivity index (χ1) is 13.0. The number of rotatable bonds is 5. The number of hydrogen-bond donors (Lipinski definition) is 2. The second-order valence-corrected chi connectivity index (χ2v) is 7.51. The van der Waals surface area contributed by atoms with E-state index in [2.05, 4.69) is 16.4 Å². The minimum absolute atomic E-state index is 0.0530. The number of fused-ring (bicyclic) bond motifs is 1. The Labute approximate surface area is 161 Å². The van der Waals surface area contributed by atoms with Gasteiger partial charge >= 0.3 is 6.09 Å². The standard InChI is InChI=1S/C19H23N3O4S/c1-3-26-18(25)20-17-21-19(2,12-16(24)22(17)8-4-9-23)14-5-6-15-13(11-14)7-10-27-15/h5-7,10-11,23H,3-4,8-9,12H2,1-2H3,(H,20,21,25)/t19-/m0/s1. The molecule has 1 saturated heterocycles. The summed E-state index contributed by atoms with van der Waals surface area (Å²) in [5.41, 5.74) is 0.244. The van der Waals surface area contributed by atoms with Crippen LogP contribution in [0.5, 0.6) is 0 Å². The smallest absolute Gasteiger partial charge is 0.436 e. The maximum Gasteiger partial charge on any atom is 0.436 e. The van der Waals surface area contributed by atoms with E-state index in [9.17, 15) is 9.59 Å². The lowest BCUT2D eigenvalue weighted by molar-refractivity contribution is -0.130. The largest absolute Gasteiger partial charge is 0.448 e. The Hall–Kier alpha value is -2.45. The predicted octanol–water partition coefficient (Wildman–Crippen LogP) is 2.83. The summed E-state index contributed by atoms with van der Waals surface area (Å²) in [6, 6.07) is 8.12. The molecule has 3 rings (SSSR count). The Balaban J connectivity index is 1.95. The maximum absolute atomic E-state index is 12.8. The van der Waals surface area contributed by atoms with Crippen LogP contribution < -0.4 is 5.32 Å². The summed E-state index contributed by atoms with van der Waals surface area (Å²) in [6.07, 6.45) is -0.137. The van der Waals surface area contributed by atoms with Crippen molar-refractivity contribution in [2.75, 3.05) is 19.8 Å². The molecule has 1 aliphatic rings. The molecule has 0 aliphatic carbocycles. The van der Waals surface area contributed by atoms with Gasteiger partial charge in [0.15, 0.2) is 0 Å². The molecule has 1 aromatic heterocycles. The van der Waals surface area contributed by atoms with Gasteiger partial charge in [-0.3, -0.25) is 9.69 Å². The Morgan fingerprint density at radius 3 is 3.00 bits per heavy atom. The fourth-order valence-electron chi connectivity index (χ4n) is 3.15. The second-order valence-electron chi connectivity index (χ2n) is 6.56. The molecule has 1 aromatic carbocycles. The minimum Gasteiger partial charge on any atom is -0.448 e. The quantitative estimate of drug-likeness (QED) is 0.821. The first-order valence-corrected chi connectivity index (χ1v) is 9.77. The van der Waals surface area contributed by atoms with Crippen molar-refractivity contribution in [3.05, 3.63) is 35.2 Å². The molecular formula is C19H23N3O4S. The van der Waals surface area contributed by atoms with E-state index < -0.39 is 11.6 Å². The summed E-state index contributed by atoms with van der Waals surface area (Å²) in [7, 11) is 0. The Morgan fingerprint density at radius 1 is 1.44 bits per heavy atom. The zero-order valence-electron chi connectivity index (χ0n) is 15.4. The summed E-state index contributed by atoms with van der Waals surface area (Å²) >= 11 is 1.66. The van der Waals surface area contributed by atoms with Crippen molar-refractivity contribution in [3.8, 4) is 0 Å². The van der Waals surface area contributed by atoms with Crippen LogP contribution in [0.4, 0.5) is 4.79 Å². The number of carbonyl (C=O) groups excluding carboxylic acids is 2. The average molecular weight is 389 g/mol. The maximum atomic E-state index is 12.8. The third kappa shape index (κ3) is 4.12. The Bertz CT molecular complexity index is 879. The second kappa shape index (κ2) is 8.06. The number of nitrogens with one attached hydrogen (secondary N) is 1. The fraction of sp³-hybridized carbons (Fsp3) is 0.421. The Morgan fingerprint density at radius 2 is 2.26 bits per heavy atom. The first-order valence-electron chi connectivity index (χ1n) is 8.89. The number of aliphatic imine (C=N–C) groups is 1. The highest BCUT2D eigenvalue weighted by molar-refractivity contribution is 7.17. The van der Waals surface area contributed by atoms with Crippen molar-refractivity contribution < 1.29 is 19.4 Å². The molecule has 0 bridgehead atoms. The van der Waals surface area contributed by atoms with E-state index in [1.54, 1.807) is 18.3 Å². The number of carbonyl (C=O) groups is 2. The number of guanidine groups is 1. The third-order valence-corrected chi connectivity index (χ3v) is 5.44. The van der Waals surface area contributed by atoms with Crippen LogP contribution in [-0.2, 0) is 15.1 Å². The van der Waals surface area contributed by atoms with Crippen LogP contribution in [-0.4, -0.2) is 47.7 Å². The van der Waals surface area contributed by atoms with E-state index in [4.69, 9.17) is 9.84 Å². The number of ether oxygens (including phenoxy) is 1. The number of thiophene rings is 1. The van der Waals surface area contributed by atoms with Crippen molar-refractivity contribution >= 4 is 39.4 Å². The molecule has 0 radical (unpaired) electrons. The van der Waals surface area contributed by atoms with Crippen LogP contribution in [0.2, 0.25) is 0 Å². The van der Waals surface area contributed by atoms with Crippen LogP contribution in [0.1, 0.15) is 32.3 Å². The van der Waals surface area contributed by atoms with E-state index in [0.717, 1.165) is 10.9 Å². The van der Waals surface area contributed by atoms with E-state index in [0.29, 0.717) is 6.42 Å². The van der Waals surface area contributed by atoms with E-state index >= 15 is 0 Å². The summed E-state index contributed by atoms with van der Waals surface area (Å²) in [6.45, 7) is 4.04. The molecule has 1 aliphatic heterocycles. The van der Waals surface area contributed by atoms with Gasteiger partial charge in [0, 0.05) is 17.9 Å². The molecule has 2 N–H and O–H groups in total. The molecule has 144 valence electrons. The molecule has 8 heteroatoms. The molecule has 27 heavy (non-hydrogen) atoms. The van der Waals surface area contributed by atoms with Gasteiger partial charge < -0.3 is 15.2 Å². The molecule has 0 saturated carbocycles. The Kier molecular flexibility index (Phi) is 5.76. The van der Waals surface area contributed by atoms with Crippen molar-refractivity contribution in [2.24, 2.45) is 4.99 Å². The summed E-state index contributed by atoms with van der Waals surface area (Å²) in [4.78, 5) is 30.1. The molecule has 2 aromatic rings. The summed E-state index contributed by atoms with van der Waals surface area (Å²) < 4.78 is 6.08. The molecule has 1 atom stereocenters. The predicted molar refractivity (Wildman–Crippen MR) is 105 cm³/mol. The number of amides is 2. The molecule has 2 amide bonds. The van der Waals surface area contributed by atoms with Gasteiger partial charge in [0.2, 0.25) is 11.9 Å². The molecular weight excluding hydrogens is 366 g/mol. The van der Waals surface area contributed by atoms with Crippen LogP contribution in [0.15, 0.2) is 34.6 Å². The van der Waals surface area contributed by atoms with Crippen LogP contribution >= 0.6 is 11.3 Å². The third-order valence-electron chi connectivity index (χ3n) is 4.54. The van der Waals surface area contributed by atoms with Crippen LogP contribution in [0.3, 0.4) is 0 Å². The molecule has 2 heterocycles. The summed E-state index contributed by atoms with van der Waals surface area (Å²) in [5.74, 6) is 0.00392. The number of aliphatic hydroxyl groups is 1. The molecule has 0 spiro atoms. The summed E-state index contributed by atoms with van der Waals surface area (Å²) in [5, 5.41) is 15.5. The van der Waals surface area contributed by atoms with Gasteiger partial charge in [-0.05, 0) is 54.8 Å². The normalized spacial score (nSPS) is 21.5. The fourth-order valence-corrected chi connectivity index (χ4v) is 3.92. The average Bonchev–Trinajstić information content (AvgIpc) is 3.09. The molecule has 7 nitrogen and oxygen atoms in total. The van der Waals surface area contributed by atoms with E-state index in [1.807, 2.05) is 30.5 Å². The van der Waals surface area contributed by atoms with Crippen LogP contribution in [0, 0.1) is 0 Å². The SMILES string of the molecule is CCOC(=O)/N=C1/N[C@](C)(c2ccc3sccc3c2)CC(=O)N1CCCO. The van der Waals surface area contributed by atoms with Gasteiger partial charge in [-0.1, -0.05) is 6.07 Å². The van der Waals surface area contributed by atoms with Gasteiger partial charge in [0.25, 0.3) is 0 Å². The van der Waals surface area contributed by atoms with Gasteiger partial charge in [-0.25, -0.2) is 4.79 Å². The number of nitrogens with zero attached hydrogens (tertiary/aromatic N) is 2. The van der Waals surface area contributed by atoms with E-state index in [1.165, 1.54) is 9.60 Å². The first kappa shape index (κ1) is 19.3. The van der Waals surface area contributed by atoms with Crippen molar-refractivity contribution in [1.29, 1.82) is 0 Å². The number of benzene rings is 1. The van der Waals surface area contributed by atoms with Gasteiger partial charge in [0.1, 0.15) is 0 Å². The molecule has 0 unspecified atom stereocenters. The lowest BCUT2D eigenvalue weighted by atomic mass is 9.86. The molecule has 1 fully saturated rings. The number of aliphatic hydroxyl groups excluding tert-OH is 1. The van der Waals surface area contributed by atoms with Gasteiger partial charge in [0.05, 0.1) is 18.6 Å². The topological polar surface area (TPSA) is 91.2 Å².